The highest BCUT2D eigenvalue weighted by molar-refractivity contribution is 14.0. The average Bonchev–Trinajstić information content (AvgIpc) is 3.20. The topological polar surface area (TPSA) is 54.9 Å². The molecule has 24 heavy (non-hydrogen) atoms. The fraction of sp³-hybridized carbons (Fsp3) is 0.611. The number of guanidine groups is 1. The Morgan fingerprint density at radius 1 is 1.33 bits per heavy atom. The molecule has 0 bridgehead atoms. The standard InChI is InChI=1S/C18H27N3O2.HI/c1-3-19-18(21-15-6-7-15)20-11-14-5-4-13(2)10-17(14)23-16-8-9-22-12-16;/h4-5,10,15-16H,3,6-9,11-12H2,1-2H3,(H2,19,20,21);1H. The van der Waals surface area contributed by atoms with Gasteiger partial charge in [-0.2, -0.15) is 0 Å². The number of hydrogen-bond donors (Lipinski definition) is 2. The molecule has 1 atom stereocenters. The van der Waals surface area contributed by atoms with Gasteiger partial charge in [-0.25, -0.2) is 4.99 Å². The van der Waals surface area contributed by atoms with Crippen LogP contribution in [0.5, 0.6) is 5.75 Å². The SMILES string of the molecule is CCNC(=NCc1ccc(C)cc1OC1CCOC1)NC1CC1.I. The maximum atomic E-state index is 6.14. The van der Waals surface area contributed by atoms with Crippen LogP contribution in [0.2, 0.25) is 0 Å². The van der Waals surface area contributed by atoms with Gasteiger partial charge in [-0.1, -0.05) is 12.1 Å². The summed E-state index contributed by atoms with van der Waals surface area (Å²) in [6.07, 6.45) is 3.61. The van der Waals surface area contributed by atoms with Crippen LogP contribution in [0, 0.1) is 6.92 Å². The normalized spacial score (nSPS) is 20.4. The summed E-state index contributed by atoms with van der Waals surface area (Å²) in [6, 6.07) is 6.93. The minimum absolute atomic E-state index is 0. The van der Waals surface area contributed by atoms with E-state index in [9.17, 15) is 0 Å². The summed E-state index contributed by atoms with van der Waals surface area (Å²) >= 11 is 0. The largest absolute Gasteiger partial charge is 0.488 e. The van der Waals surface area contributed by atoms with Gasteiger partial charge >= 0.3 is 0 Å². The first kappa shape index (κ1) is 19.3. The fourth-order valence-corrected chi connectivity index (χ4v) is 2.59. The lowest BCUT2D eigenvalue weighted by atomic mass is 10.1. The van der Waals surface area contributed by atoms with Crippen LogP contribution in [-0.4, -0.2) is 37.9 Å². The smallest absolute Gasteiger partial charge is 0.191 e. The van der Waals surface area contributed by atoms with Gasteiger partial charge in [0.05, 0.1) is 19.8 Å². The number of aryl methyl sites for hydroxylation is 1. The molecule has 0 amide bonds. The first-order valence-electron chi connectivity index (χ1n) is 8.63. The van der Waals surface area contributed by atoms with Crippen LogP contribution >= 0.6 is 24.0 Å². The molecule has 2 fully saturated rings. The number of hydrogen-bond acceptors (Lipinski definition) is 3. The zero-order chi connectivity index (χ0) is 16.1. The third-order valence-corrected chi connectivity index (χ3v) is 4.07. The van der Waals surface area contributed by atoms with E-state index < -0.39 is 0 Å². The lowest BCUT2D eigenvalue weighted by Gasteiger charge is -2.16. The van der Waals surface area contributed by atoms with Crippen LogP contribution < -0.4 is 15.4 Å². The minimum atomic E-state index is 0. The van der Waals surface area contributed by atoms with Gasteiger partial charge in [0, 0.05) is 24.6 Å². The molecule has 5 nitrogen and oxygen atoms in total. The highest BCUT2D eigenvalue weighted by Crippen LogP contribution is 2.24. The lowest BCUT2D eigenvalue weighted by molar-refractivity contribution is 0.140. The van der Waals surface area contributed by atoms with Crippen molar-refractivity contribution in [2.45, 2.75) is 51.8 Å². The highest BCUT2D eigenvalue weighted by Gasteiger charge is 2.22. The van der Waals surface area contributed by atoms with Gasteiger partial charge in [-0.3, -0.25) is 0 Å². The maximum absolute atomic E-state index is 6.14. The number of halogens is 1. The number of benzene rings is 1. The number of rotatable bonds is 6. The molecule has 1 aliphatic carbocycles. The van der Waals surface area contributed by atoms with E-state index in [0.29, 0.717) is 19.2 Å². The predicted octanol–water partition coefficient (Wildman–Crippen LogP) is 3.00. The predicted molar refractivity (Wildman–Crippen MR) is 107 cm³/mol. The van der Waals surface area contributed by atoms with E-state index >= 15 is 0 Å². The molecule has 3 rings (SSSR count). The summed E-state index contributed by atoms with van der Waals surface area (Å²) in [6.45, 7) is 7.14. The maximum Gasteiger partial charge on any atom is 0.191 e. The second-order valence-electron chi connectivity index (χ2n) is 6.33. The van der Waals surface area contributed by atoms with Crippen LogP contribution in [0.15, 0.2) is 23.2 Å². The van der Waals surface area contributed by atoms with Crippen LogP contribution in [0.4, 0.5) is 0 Å². The molecule has 0 spiro atoms. The molecular weight excluding hydrogens is 417 g/mol. The Balaban J connectivity index is 0.00000208. The third-order valence-electron chi connectivity index (χ3n) is 4.07. The molecule has 2 N–H and O–H groups in total. The highest BCUT2D eigenvalue weighted by atomic mass is 127. The van der Waals surface area contributed by atoms with Crippen LogP contribution in [0.3, 0.4) is 0 Å². The van der Waals surface area contributed by atoms with Crippen LogP contribution in [-0.2, 0) is 11.3 Å². The van der Waals surface area contributed by atoms with Crippen molar-refractivity contribution in [3.05, 3.63) is 29.3 Å². The molecule has 2 aliphatic rings. The molecular formula is C18H28IN3O2. The van der Waals surface area contributed by atoms with Gasteiger partial charge in [0.25, 0.3) is 0 Å². The summed E-state index contributed by atoms with van der Waals surface area (Å²) in [5.41, 5.74) is 2.32. The van der Waals surface area contributed by atoms with E-state index in [4.69, 9.17) is 14.5 Å². The first-order valence-corrected chi connectivity index (χ1v) is 8.63. The molecule has 1 unspecified atom stereocenters. The molecule has 1 saturated carbocycles. The Morgan fingerprint density at radius 2 is 2.17 bits per heavy atom. The third kappa shape index (κ3) is 5.81. The quantitative estimate of drug-likeness (QED) is 0.402. The fourth-order valence-electron chi connectivity index (χ4n) is 2.59. The molecule has 0 radical (unpaired) electrons. The summed E-state index contributed by atoms with van der Waals surface area (Å²) in [7, 11) is 0. The zero-order valence-corrected chi connectivity index (χ0v) is 16.8. The second-order valence-corrected chi connectivity index (χ2v) is 6.33. The van der Waals surface area contributed by atoms with Crippen molar-refractivity contribution in [1.29, 1.82) is 0 Å². The van der Waals surface area contributed by atoms with E-state index in [1.54, 1.807) is 0 Å². The van der Waals surface area contributed by atoms with Crippen molar-refractivity contribution in [3.63, 3.8) is 0 Å². The molecule has 134 valence electrons. The average molecular weight is 445 g/mol. The number of nitrogens with zero attached hydrogens (tertiary/aromatic N) is 1. The number of aliphatic imine (C=N–C) groups is 1. The van der Waals surface area contributed by atoms with Crippen molar-refractivity contribution in [2.24, 2.45) is 4.99 Å². The monoisotopic (exact) mass is 445 g/mol. The van der Waals surface area contributed by atoms with Gasteiger partial charge in [0.15, 0.2) is 5.96 Å². The molecule has 1 saturated heterocycles. The molecule has 1 aliphatic heterocycles. The van der Waals surface area contributed by atoms with E-state index in [1.165, 1.54) is 18.4 Å². The van der Waals surface area contributed by atoms with Gasteiger partial charge in [-0.05, 0) is 38.3 Å². The Hall–Kier alpha value is -1.02. The molecule has 0 aromatic heterocycles. The van der Waals surface area contributed by atoms with E-state index in [0.717, 1.165) is 36.8 Å². The summed E-state index contributed by atoms with van der Waals surface area (Å²) in [4.78, 5) is 4.71. The van der Waals surface area contributed by atoms with E-state index in [1.807, 2.05) is 0 Å². The summed E-state index contributed by atoms with van der Waals surface area (Å²) < 4.78 is 11.5. The number of nitrogens with one attached hydrogen (secondary N) is 2. The zero-order valence-electron chi connectivity index (χ0n) is 14.5. The summed E-state index contributed by atoms with van der Waals surface area (Å²) in [5.74, 6) is 1.83. The van der Waals surface area contributed by atoms with Gasteiger partial charge in [0.2, 0.25) is 0 Å². The second kappa shape index (κ2) is 9.46. The molecule has 6 heteroatoms. The van der Waals surface area contributed by atoms with Crippen molar-refractivity contribution in [2.75, 3.05) is 19.8 Å². The van der Waals surface area contributed by atoms with E-state index in [2.05, 4.69) is 42.7 Å². The number of ether oxygens (including phenoxy) is 2. The first-order chi connectivity index (χ1) is 11.2. The van der Waals surface area contributed by atoms with Crippen molar-refractivity contribution < 1.29 is 9.47 Å². The Labute approximate surface area is 161 Å². The molecule has 1 heterocycles. The van der Waals surface area contributed by atoms with Gasteiger partial charge < -0.3 is 20.1 Å². The Bertz CT molecular complexity index is 555. The Morgan fingerprint density at radius 3 is 2.83 bits per heavy atom. The lowest BCUT2D eigenvalue weighted by Crippen LogP contribution is -2.38. The molecule has 1 aromatic rings. The van der Waals surface area contributed by atoms with Crippen molar-refractivity contribution >= 4 is 29.9 Å². The molecule has 1 aromatic carbocycles. The van der Waals surface area contributed by atoms with Crippen molar-refractivity contribution in [3.8, 4) is 5.75 Å². The van der Waals surface area contributed by atoms with Crippen LogP contribution in [0.25, 0.3) is 0 Å². The van der Waals surface area contributed by atoms with Gasteiger partial charge in [0.1, 0.15) is 11.9 Å². The summed E-state index contributed by atoms with van der Waals surface area (Å²) in [5, 5.41) is 6.75. The Kier molecular flexibility index (Phi) is 7.61. The van der Waals surface area contributed by atoms with Gasteiger partial charge in [-0.15, -0.1) is 24.0 Å². The van der Waals surface area contributed by atoms with E-state index in [-0.39, 0.29) is 30.1 Å². The minimum Gasteiger partial charge on any atom is -0.488 e. The van der Waals surface area contributed by atoms with Crippen LogP contribution in [0.1, 0.15) is 37.3 Å². The van der Waals surface area contributed by atoms with Crippen molar-refractivity contribution in [1.82, 2.24) is 10.6 Å².